The first-order chi connectivity index (χ1) is 5.72. The van der Waals surface area contributed by atoms with Crippen LogP contribution in [-0.2, 0) is 16.3 Å². The summed E-state index contributed by atoms with van der Waals surface area (Å²) >= 11 is 21.0. The van der Waals surface area contributed by atoms with Gasteiger partial charge in [-0.05, 0) is 16.1 Å². The van der Waals surface area contributed by atoms with Crippen LogP contribution in [0.25, 0.3) is 0 Å². The summed E-state index contributed by atoms with van der Waals surface area (Å²) in [4.78, 5) is 0. The molecule has 0 amide bonds. The van der Waals surface area contributed by atoms with E-state index in [0.717, 1.165) is 5.56 Å². The second-order valence-corrected chi connectivity index (χ2v) is 2.90. The average Bonchev–Trinajstić information content (AvgIpc) is 2.06. The van der Waals surface area contributed by atoms with Gasteiger partial charge in [-0.3, -0.25) is 0 Å². The molecule has 0 bridgehead atoms. The molecule has 0 saturated heterocycles. The number of benzene rings is 1. The van der Waals surface area contributed by atoms with Crippen LogP contribution in [0.5, 0.6) is 0 Å². The van der Waals surface area contributed by atoms with E-state index in [4.69, 9.17) is 34.8 Å². The molecule has 1 aromatic rings. The van der Waals surface area contributed by atoms with Crippen molar-refractivity contribution in [2.75, 3.05) is 0 Å². The number of rotatable bonds is 1. The van der Waals surface area contributed by atoms with E-state index in [1.165, 1.54) is 22.2 Å². The summed E-state index contributed by atoms with van der Waals surface area (Å²) in [6.45, 7) is 0. The summed E-state index contributed by atoms with van der Waals surface area (Å²) in [6.07, 6.45) is 0. The Morgan fingerprint density at radius 3 is 1.83 bits per heavy atom. The van der Waals surface area contributed by atoms with E-state index in [1.54, 1.807) is 18.2 Å². The molecule has 1 aromatic carbocycles. The van der Waals surface area contributed by atoms with E-state index < -0.39 is 0 Å². The van der Waals surface area contributed by atoms with Crippen molar-refractivity contribution in [1.29, 1.82) is 0 Å². The molecule has 0 atom stereocenters. The Balaban J connectivity index is 0.000000561. The molecule has 1 rings (SSSR count). The van der Waals surface area contributed by atoms with Crippen molar-refractivity contribution in [1.82, 2.24) is 0 Å². The van der Waals surface area contributed by atoms with Crippen LogP contribution in [-0.4, -0.2) is 0 Å². The number of hydrogen-bond acceptors (Lipinski definition) is 0. The summed E-state index contributed by atoms with van der Waals surface area (Å²) in [5, 5.41) is 1.19. The van der Waals surface area contributed by atoms with Crippen molar-refractivity contribution in [3.05, 3.63) is 39.7 Å². The zero-order chi connectivity index (χ0) is 9.56. The van der Waals surface area contributed by atoms with E-state index >= 15 is 0 Å². The SMILES string of the molecule is Cl[CH-]c1cc(Cl)cc(Cl)c1.[Zn+][Br]. The van der Waals surface area contributed by atoms with E-state index in [1.807, 2.05) is 0 Å². The molecule has 0 N–H and O–H groups in total. The zero-order valence-electron chi connectivity index (χ0n) is 6.03. The third kappa shape index (κ3) is 4.94. The van der Waals surface area contributed by atoms with Gasteiger partial charge in [0.05, 0.1) is 0 Å². The Labute approximate surface area is 104 Å². The maximum atomic E-state index is 5.67. The molecule has 0 nitrogen and oxygen atoms in total. The molecule has 0 aromatic heterocycles. The van der Waals surface area contributed by atoms with E-state index in [9.17, 15) is 0 Å². The van der Waals surface area contributed by atoms with E-state index in [-0.39, 0.29) is 0 Å². The van der Waals surface area contributed by atoms with Gasteiger partial charge in [0.15, 0.2) is 0 Å². The van der Waals surface area contributed by atoms with Crippen molar-refractivity contribution < 1.29 is 16.3 Å². The molecule has 12 heavy (non-hydrogen) atoms. The van der Waals surface area contributed by atoms with Crippen LogP contribution >= 0.6 is 48.4 Å². The van der Waals surface area contributed by atoms with Crippen LogP contribution in [0.15, 0.2) is 18.2 Å². The van der Waals surface area contributed by atoms with Gasteiger partial charge in [-0.2, -0.15) is 17.2 Å². The third-order valence-electron chi connectivity index (χ3n) is 1.01. The maximum absolute atomic E-state index is 5.67. The van der Waals surface area contributed by atoms with Crippen molar-refractivity contribution in [3.63, 3.8) is 0 Å². The van der Waals surface area contributed by atoms with Gasteiger partial charge in [0, 0.05) is 0 Å². The summed E-state index contributed by atoms with van der Waals surface area (Å²) in [7, 11) is 0. The Morgan fingerprint density at radius 2 is 1.50 bits per heavy atom. The normalized spacial score (nSPS) is 8.50. The molecule has 62 valence electrons. The molecular weight excluding hydrogens is 336 g/mol. The average molecular weight is 340 g/mol. The van der Waals surface area contributed by atoms with Crippen LogP contribution < -0.4 is 0 Å². The fraction of sp³-hybridized carbons (Fsp3) is 0. The zero-order valence-corrected chi connectivity index (χ0v) is 12.8. The van der Waals surface area contributed by atoms with Crippen molar-refractivity contribution in [2.45, 2.75) is 0 Å². The predicted octanol–water partition coefficient (Wildman–Crippen LogP) is 4.59. The van der Waals surface area contributed by atoms with Crippen molar-refractivity contribution >= 4 is 48.4 Å². The Morgan fingerprint density at radius 1 is 1.08 bits per heavy atom. The molecule has 0 spiro atoms. The molecular formula is C7H4BrCl3Zn. The summed E-state index contributed by atoms with van der Waals surface area (Å²) in [6, 6.07) is 5.13. The van der Waals surface area contributed by atoms with Gasteiger partial charge in [-0.1, -0.05) is 29.1 Å². The summed E-state index contributed by atoms with van der Waals surface area (Å²) in [5.74, 6) is 1.43. The van der Waals surface area contributed by atoms with Gasteiger partial charge in [-0.25, -0.2) is 0 Å². The van der Waals surface area contributed by atoms with E-state index in [0.29, 0.717) is 10.0 Å². The van der Waals surface area contributed by atoms with Crippen LogP contribution in [0.1, 0.15) is 5.56 Å². The van der Waals surface area contributed by atoms with Crippen LogP contribution in [0.3, 0.4) is 0 Å². The third-order valence-corrected chi connectivity index (χ3v) is 1.70. The van der Waals surface area contributed by atoms with Gasteiger partial charge in [-0.15, -0.1) is 12.1 Å². The number of halogens is 4. The molecule has 0 aliphatic heterocycles. The Bertz CT molecular complexity index is 222. The van der Waals surface area contributed by atoms with Crippen molar-refractivity contribution in [2.24, 2.45) is 0 Å². The monoisotopic (exact) mass is 336 g/mol. The van der Waals surface area contributed by atoms with Gasteiger partial charge in [0.1, 0.15) is 0 Å². The second-order valence-electron chi connectivity index (χ2n) is 1.81. The predicted molar refractivity (Wildman–Crippen MR) is 54.6 cm³/mol. The van der Waals surface area contributed by atoms with Gasteiger partial charge in [0.2, 0.25) is 0 Å². The Kier molecular flexibility index (Phi) is 8.13. The van der Waals surface area contributed by atoms with Gasteiger partial charge >= 0.3 is 30.0 Å². The first-order valence-corrected chi connectivity index (χ1v) is 11.0. The molecule has 0 aliphatic carbocycles. The minimum absolute atomic E-state index is 0.597. The van der Waals surface area contributed by atoms with Gasteiger partial charge in [0.25, 0.3) is 0 Å². The molecule has 0 saturated carbocycles. The fourth-order valence-corrected chi connectivity index (χ4v) is 1.31. The Hall–Kier alpha value is 1.06. The first kappa shape index (κ1) is 13.1. The van der Waals surface area contributed by atoms with E-state index in [2.05, 4.69) is 13.6 Å². The summed E-state index contributed by atoms with van der Waals surface area (Å²) < 4.78 is 0. The number of hydrogen-bond donors (Lipinski definition) is 0. The first-order valence-electron chi connectivity index (χ1n) is 2.88. The molecule has 0 heterocycles. The quantitative estimate of drug-likeness (QED) is 0.519. The molecule has 0 fully saturated rings. The minimum atomic E-state index is 0.597. The van der Waals surface area contributed by atoms with Crippen LogP contribution in [0.4, 0.5) is 0 Å². The molecule has 5 heteroatoms. The summed E-state index contributed by atoms with van der Waals surface area (Å²) in [5.41, 5.74) is 0.819. The molecule has 0 unspecified atom stereocenters. The van der Waals surface area contributed by atoms with Crippen LogP contribution in [0, 0.1) is 5.88 Å². The standard InChI is InChI=1S/C7H4Cl3.BrH.Zn/c8-4-5-1-6(9)3-7(10)2-5;;/h1-4H;1H;/q-1;;+2/p-1. The second kappa shape index (κ2) is 7.47. The van der Waals surface area contributed by atoms with Crippen LogP contribution in [0.2, 0.25) is 10.0 Å². The molecule has 0 aliphatic rings. The fourth-order valence-electron chi connectivity index (χ4n) is 0.638. The van der Waals surface area contributed by atoms with Crippen molar-refractivity contribution in [3.8, 4) is 0 Å². The topological polar surface area (TPSA) is 0 Å². The molecule has 0 radical (unpaired) electrons. The van der Waals surface area contributed by atoms with Gasteiger partial charge < -0.3 is 0 Å².